The molecule has 2 bridgehead atoms. The van der Waals surface area contributed by atoms with E-state index in [-0.39, 0.29) is 30.3 Å². The molecule has 6 unspecified atom stereocenters. The molecule has 0 saturated heterocycles. The smallest absolute Gasteiger partial charge is 0.389 e. The number of rotatable bonds is 7. The number of alkyl halides is 2. The maximum atomic E-state index is 13.2. The molecule has 0 aromatic carbocycles. The van der Waals surface area contributed by atoms with E-state index < -0.39 is 27.6 Å². The molecule has 2 rings (SSSR count). The number of hydrogen-bond donors (Lipinski definition) is 2. The SMILES string of the molecule is CCC(C)C1(O)C(C)CC2CC(COCC(F)(F)S(=O)(=O)O)CC1C2. The molecule has 2 saturated carbocycles. The lowest BCUT2D eigenvalue weighted by Crippen LogP contribution is -2.56. The molecule has 25 heavy (non-hydrogen) atoms. The summed E-state index contributed by atoms with van der Waals surface area (Å²) in [5.74, 6) is 0.937. The first-order valence-corrected chi connectivity index (χ1v) is 10.5. The third-order valence-corrected chi connectivity index (χ3v) is 7.31. The molecule has 0 heterocycles. The van der Waals surface area contributed by atoms with Crippen LogP contribution in [-0.2, 0) is 14.9 Å². The van der Waals surface area contributed by atoms with Crippen molar-refractivity contribution in [2.75, 3.05) is 13.2 Å². The van der Waals surface area contributed by atoms with E-state index in [1.165, 1.54) is 0 Å². The highest BCUT2D eigenvalue weighted by atomic mass is 32.2. The average Bonchev–Trinajstić information content (AvgIpc) is 2.50. The van der Waals surface area contributed by atoms with Crippen LogP contribution in [0, 0.1) is 29.6 Å². The highest BCUT2D eigenvalue weighted by molar-refractivity contribution is 7.86. The first-order chi connectivity index (χ1) is 11.4. The van der Waals surface area contributed by atoms with Crippen molar-refractivity contribution in [3.8, 4) is 0 Å². The van der Waals surface area contributed by atoms with Gasteiger partial charge in [-0.2, -0.15) is 17.2 Å². The van der Waals surface area contributed by atoms with E-state index in [0.717, 1.165) is 25.7 Å². The zero-order valence-electron chi connectivity index (χ0n) is 15.1. The Morgan fingerprint density at radius 3 is 2.48 bits per heavy atom. The van der Waals surface area contributed by atoms with E-state index >= 15 is 0 Å². The average molecular weight is 384 g/mol. The van der Waals surface area contributed by atoms with Crippen LogP contribution in [0.25, 0.3) is 0 Å². The standard InChI is InChI=1S/C17H30F2O5S/c1-4-11(2)17(20)12(3)5-13-6-14(8-15(17)7-13)9-24-10-16(18,19)25(21,22)23/h11-15,20H,4-10H2,1-3H3,(H,21,22,23). The predicted molar refractivity (Wildman–Crippen MR) is 89.8 cm³/mol. The summed E-state index contributed by atoms with van der Waals surface area (Å²) in [6.07, 6.45) is 4.27. The Hall–Kier alpha value is -0.310. The van der Waals surface area contributed by atoms with Crippen LogP contribution in [0.4, 0.5) is 8.78 Å². The van der Waals surface area contributed by atoms with Gasteiger partial charge in [0.1, 0.15) is 6.61 Å². The van der Waals surface area contributed by atoms with Gasteiger partial charge in [-0.1, -0.05) is 27.2 Å². The molecular weight excluding hydrogens is 354 g/mol. The van der Waals surface area contributed by atoms with Crippen molar-refractivity contribution in [3.05, 3.63) is 0 Å². The van der Waals surface area contributed by atoms with Crippen LogP contribution in [0.3, 0.4) is 0 Å². The van der Waals surface area contributed by atoms with Gasteiger partial charge >= 0.3 is 15.4 Å². The fourth-order valence-corrected chi connectivity index (χ4v) is 5.23. The van der Waals surface area contributed by atoms with E-state index in [2.05, 4.69) is 20.8 Å². The zero-order chi connectivity index (χ0) is 19.0. The van der Waals surface area contributed by atoms with E-state index in [1.54, 1.807) is 0 Å². The van der Waals surface area contributed by atoms with Gasteiger partial charge in [0, 0.05) is 6.61 Å². The van der Waals surface area contributed by atoms with Crippen LogP contribution in [-0.4, -0.2) is 42.1 Å². The Morgan fingerprint density at radius 2 is 1.92 bits per heavy atom. The van der Waals surface area contributed by atoms with Crippen LogP contribution in [0.2, 0.25) is 0 Å². The molecule has 6 atom stereocenters. The molecule has 2 aliphatic carbocycles. The maximum absolute atomic E-state index is 13.2. The fourth-order valence-electron chi connectivity index (χ4n) is 5.00. The molecule has 148 valence electrons. The van der Waals surface area contributed by atoms with Crippen LogP contribution < -0.4 is 0 Å². The summed E-state index contributed by atoms with van der Waals surface area (Å²) in [6.45, 7) is 4.88. The molecule has 0 amide bonds. The first kappa shape index (κ1) is 21.0. The van der Waals surface area contributed by atoms with E-state index in [4.69, 9.17) is 9.29 Å². The summed E-state index contributed by atoms with van der Waals surface area (Å²) in [5, 5.41) is 7.04. The minimum absolute atomic E-state index is 0.0169. The normalized spacial score (nSPS) is 37.7. The Labute approximate surface area is 148 Å². The largest absolute Gasteiger partial charge is 0.392 e. The number of fused-ring (bicyclic) bond motifs is 2. The van der Waals surface area contributed by atoms with Crippen molar-refractivity contribution >= 4 is 10.1 Å². The topological polar surface area (TPSA) is 83.8 Å². The van der Waals surface area contributed by atoms with Gasteiger partial charge in [-0.15, -0.1) is 0 Å². The maximum Gasteiger partial charge on any atom is 0.392 e. The van der Waals surface area contributed by atoms with Crippen LogP contribution in [0.5, 0.6) is 0 Å². The molecular formula is C17H30F2O5S. The quantitative estimate of drug-likeness (QED) is 0.658. The summed E-state index contributed by atoms with van der Waals surface area (Å²) < 4.78 is 61.2. The van der Waals surface area contributed by atoms with Gasteiger partial charge in [-0.05, 0) is 55.3 Å². The second kappa shape index (κ2) is 7.37. The number of aliphatic hydroxyl groups is 1. The lowest BCUT2D eigenvalue weighted by atomic mass is 9.54. The second-order valence-corrected chi connectivity index (χ2v) is 9.64. The summed E-state index contributed by atoms with van der Waals surface area (Å²) >= 11 is 0. The van der Waals surface area contributed by atoms with E-state index in [1.807, 2.05) is 0 Å². The molecule has 0 aliphatic heterocycles. The molecule has 0 spiro atoms. The van der Waals surface area contributed by atoms with Gasteiger partial charge < -0.3 is 9.84 Å². The van der Waals surface area contributed by atoms with Crippen molar-refractivity contribution in [2.24, 2.45) is 29.6 Å². The van der Waals surface area contributed by atoms with Crippen molar-refractivity contribution in [3.63, 3.8) is 0 Å². The summed E-state index contributed by atoms with van der Waals surface area (Å²) in [5.41, 5.74) is -0.748. The Kier molecular flexibility index (Phi) is 6.19. The highest BCUT2D eigenvalue weighted by Crippen LogP contribution is 2.53. The first-order valence-electron chi connectivity index (χ1n) is 9.06. The number of halogens is 2. The Bertz CT molecular complexity index is 565. The Balaban J connectivity index is 1.98. The van der Waals surface area contributed by atoms with Crippen LogP contribution in [0.15, 0.2) is 0 Å². The van der Waals surface area contributed by atoms with Gasteiger partial charge in [-0.25, -0.2) is 0 Å². The number of ether oxygens (including phenoxy) is 1. The molecule has 5 nitrogen and oxygen atoms in total. The molecule has 0 aromatic rings. The second-order valence-electron chi connectivity index (χ2n) is 8.10. The van der Waals surface area contributed by atoms with E-state index in [9.17, 15) is 22.3 Å². The summed E-state index contributed by atoms with van der Waals surface area (Å²) in [4.78, 5) is 0. The van der Waals surface area contributed by atoms with Crippen LogP contribution >= 0.6 is 0 Å². The molecule has 0 radical (unpaired) electrons. The van der Waals surface area contributed by atoms with E-state index in [0.29, 0.717) is 12.3 Å². The van der Waals surface area contributed by atoms with Crippen molar-refractivity contribution in [1.29, 1.82) is 0 Å². The molecule has 2 fully saturated rings. The number of hydrogen-bond acceptors (Lipinski definition) is 4. The van der Waals surface area contributed by atoms with Gasteiger partial charge in [0.05, 0.1) is 5.60 Å². The van der Waals surface area contributed by atoms with Crippen molar-refractivity contribution < 1.29 is 31.6 Å². The lowest BCUT2D eigenvalue weighted by Gasteiger charge is -2.54. The molecule has 8 heteroatoms. The predicted octanol–water partition coefficient (Wildman–Crippen LogP) is 3.33. The summed E-state index contributed by atoms with van der Waals surface area (Å²) in [6, 6.07) is 0. The van der Waals surface area contributed by atoms with Gasteiger partial charge in [0.15, 0.2) is 0 Å². The minimum Gasteiger partial charge on any atom is -0.389 e. The Morgan fingerprint density at radius 1 is 1.28 bits per heavy atom. The molecule has 2 N–H and O–H groups in total. The van der Waals surface area contributed by atoms with Gasteiger partial charge in [0.25, 0.3) is 0 Å². The minimum atomic E-state index is -5.46. The third kappa shape index (κ3) is 4.17. The van der Waals surface area contributed by atoms with Gasteiger partial charge in [0.2, 0.25) is 0 Å². The summed E-state index contributed by atoms with van der Waals surface area (Å²) in [7, 11) is -5.46. The van der Waals surface area contributed by atoms with Gasteiger partial charge in [-0.3, -0.25) is 4.55 Å². The zero-order valence-corrected chi connectivity index (χ0v) is 15.9. The highest BCUT2D eigenvalue weighted by Gasteiger charge is 2.52. The fraction of sp³-hybridized carbons (Fsp3) is 1.00. The van der Waals surface area contributed by atoms with Crippen molar-refractivity contribution in [1.82, 2.24) is 0 Å². The van der Waals surface area contributed by atoms with Crippen molar-refractivity contribution in [2.45, 2.75) is 63.7 Å². The molecule has 2 aliphatic rings. The monoisotopic (exact) mass is 384 g/mol. The molecule has 0 aromatic heterocycles. The third-order valence-electron chi connectivity index (χ3n) is 6.44. The van der Waals surface area contributed by atoms with Crippen LogP contribution in [0.1, 0.15) is 52.9 Å². The lowest BCUT2D eigenvalue weighted by molar-refractivity contribution is -0.163.